The molecule has 2 rings (SSSR count). The molecule has 1 N–H and O–H groups in total. The van der Waals surface area contributed by atoms with Gasteiger partial charge in [-0.1, -0.05) is 0 Å². The fourth-order valence-electron chi connectivity index (χ4n) is 2.42. The summed E-state index contributed by atoms with van der Waals surface area (Å²) in [5, 5.41) is 11.5. The summed E-state index contributed by atoms with van der Waals surface area (Å²) in [6.07, 6.45) is 0. The van der Waals surface area contributed by atoms with Gasteiger partial charge in [0.2, 0.25) is 5.91 Å². The number of likely N-dealkylation sites (N-methyl/N-ethyl adjacent to an activating group) is 1. The Hall–Kier alpha value is -0.890. The summed E-state index contributed by atoms with van der Waals surface area (Å²) in [6, 6.07) is 0.265. The van der Waals surface area contributed by atoms with Crippen molar-refractivity contribution in [1.82, 2.24) is 29.9 Å². The van der Waals surface area contributed by atoms with Gasteiger partial charge in [0.05, 0.1) is 13.1 Å². The maximum Gasteiger partial charge on any atom is 0.237 e. The predicted molar refractivity (Wildman–Crippen MR) is 90.6 cm³/mol. The highest BCUT2D eigenvalue weighted by molar-refractivity contribution is 5.85. The number of nitrogens with one attached hydrogen (secondary N) is 1. The molecule has 0 aromatic carbocycles. The van der Waals surface area contributed by atoms with Crippen LogP contribution < -0.4 is 5.32 Å². The molecule has 0 radical (unpaired) electrons. The number of aryl methyl sites for hydroxylation is 1. The normalized spacial score (nSPS) is 17.9. The molecular formula is C13H26Cl2N6O. The maximum atomic E-state index is 12.3. The second kappa shape index (κ2) is 9.29. The van der Waals surface area contributed by atoms with E-state index in [0.717, 1.165) is 31.3 Å². The molecule has 1 atom stereocenters. The van der Waals surface area contributed by atoms with E-state index < -0.39 is 0 Å². The lowest BCUT2D eigenvalue weighted by atomic mass is 10.2. The summed E-state index contributed by atoms with van der Waals surface area (Å²) in [6.45, 7) is 7.58. The number of nitrogens with zero attached hydrogens (tertiary/aromatic N) is 5. The van der Waals surface area contributed by atoms with Gasteiger partial charge in [-0.15, -0.1) is 35.0 Å². The largest absolute Gasteiger partial charge is 0.336 e. The summed E-state index contributed by atoms with van der Waals surface area (Å²) in [5.74, 6) is 1.95. The third-order valence-corrected chi connectivity index (χ3v) is 3.82. The SMILES string of the molecule is Cc1nnc(CN(C)CC(=O)N2CCNC[C@@H]2C)n1C.Cl.Cl. The molecule has 9 heteroatoms. The number of carbonyl (C=O) groups is 1. The van der Waals surface area contributed by atoms with Gasteiger partial charge in [0.25, 0.3) is 0 Å². The van der Waals surface area contributed by atoms with Crippen LogP contribution in [0, 0.1) is 6.92 Å². The molecule has 1 aromatic rings. The predicted octanol–water partition coefficient (Wildman–Crippen LogP) is 0.219. The van der Waals surface area contributed by atoms with E-state index >= 15 is 0 Å². The number of halogens is 2. The van der Waals surface area contributed by atoms with E-state index in [9.17, 15) is 4.79 Å². The Morgan fingerprint density at radius 1 is 1.41 bits per heavy atom. The fourth-order valence-corrected chi connectivity index (χ4v) is 2.42. The Labute approximate surface area is 144 Å². The first-order valence-corrected chi connectivity index (χ1v) is 7.02. The lowest BCUT2D eigenvalue weighted by molar-refractivity contribution is -0.135. The summed E-state index contributed by atoms with van der Waals surface area (Å²) >= 11 is 0. The monoisotopic (exact) mass is 352 g/mol. The molecule has 0 unspecified atom stereocenters. The molecule has 1 amide bonds. The van der Waals surface area contributed by atoms with Gasteiger partial charge in [-0.05, 0) is 20.9 Å². The lowest BCUT2D eigenvalue weighted by Gasteiger charge is -2.35. The number of rotatable bonds is 4. The number of aromatic nitrogens is 3. The van der Waals surface area contributed by atoms with Crippen molar-refractivity contribution in [1.29, 1.82) is 0 Å². The zero-order valence-electron chi connectivity index (χ0n) is 13.6. The Morgan fingerprint density at radius 3 is 2.64 bits per heavy atom. The van der Waals surface area contributed by atoms with Crippen LogP contribution in [0.5, 0.6) is 0 Å². The number of hydrogen-bond donors (Lipinski definition) is 1. The van der Waals surface area contributed by atoms with Crippen LogP contribution in [0.4, 0.5) is 0 Å². The smallest absolute Gasteiger partial charge is 0.237 e. The average molecular weight is 353 g/mol. The first-order valence-electron chi connectivity index (χ1n) is 7.02. The molecule has 1 aliphatic heterocycles. The van der Waals surface area contributed by atoms with Crippen LogP contribution in [-0.4, -0.2) is 69.7 Å². The summed E-state index contributed by atoms with van der Waals surface area (Å²) in [7, 11) is 3.88. The molecule has 0 bridgehead atoms. The van der Waals surface area contributed by atoms with Gasteiger partial charge in [-0.2, -0.15) is 0 Å². The number of amides is 1. The van der Waals surface area contributed by atoms with Crippen LogP contribution >= 0.6 is 24.8 Å². The van der Waals surface area contributed by atoms with Crippen molar-refractivity contribution in [2.45, 2.75) is 26.4 Å². The molecule has 0 aliphatic carbocycles. The number of carbonyl (C=O) groups excluding carboxylic acids is 1. The molecule has 128 valence electrons. The fraction of sp³-hybridized carbons (Fsp3) is 0.769. The molecule has 1 aromatic heterocycles. The molecule has 7 nitrogen and oxygen atoms in total. The summed E-state index contributed by atoms with van der Waals surface area (Å²) in [4.78, 5) is 16.3. The maximum absolute atomic E-state index is 12.3. The molecule has 1 fully saturated rings. The van der Waals surface area contributed by atoms with Crippen molar-refractivity contribution in [3.05, 3.63) is 11.6 Å². The Morgan fingerprint density at radius 2 is 2.09 bits per heavy atom. The van der Waals surface area contributed by atoms with Crippen LogP contribution in [-0.2, 0) is 18.4 Å². The van der Waals surface area contributed by atoms with E-state index in [-0.39, 0.29) is 36.8 Å². The Bertz CT molecular complexity index is 481. The zero-order valence-corrected chi connectivity index (χ0v) is 15.2. The first-order chi connectivity index (χ1) is 9.49. The van der Waals surface area contributed by atoms with Crippen LogP contribution in [0.1, 0.15) is 18.6 Å². The minimum atomic E-state index is 0. The quantitative estimate of drug-likeness (QED) is 0.839. The molecule has 1 saturated heterocycles. The highest BCUT2D eigenvalue weighted by atomic mass is 35.5. The van der Waals surface area contributed by atoms with E-state index in [1.165, 1.54) is 0 Å². The van der Waals surface area contributed by atoms with E-state index in [4.69, 9.17) is 0 Å². The van der Waals surface area contributed by atoms with Crippen molar-refractivity contribution < 1.29 is 4.79 Å². The van der Waals surface area contributed by atoms with Crippen molar-refractivity contribution in [2.24, 2.45) is 7.05 Å². The standard InChI is InChI=1S/C13H24N6O.2ClH/c1-10-7-14-5-6-19(10)13(20)9-17(3)8-12-16-15-11(2)18(12)4;;/h10,14H,5-9H2,1-4H3;2*1H/t10-;;/m0../s1. The van der Waals surface area contributed by atoms with Crippen molar-refractivity contribution in [3.63, 3.8) is 0 Å². The second-order valence-electron chi connectivity index (χ2n) is 5.54. The second-order valence-corrected chi connectivity index (χ2v) is 5.54. The van der Waals surface area contributed by atoms with Gasteiger partial charge >= 0.3 is 0 Å². The van der Waals surface area contributed by atoms with Gasteiger partial charge in [0, 0.05) is 32.7 Å². The summed E-state index contributed by atoms with van der Waals surface area (Å²) in [5.41, 5.74) is 0. The van der Waals surface area contributed by atoms with Crippen LogP contribution in [0.2, 0.25) is 0 Å². The molecule has 0 spiro atoms. The Kier molecular flexibility index (Phi) is 8.92. The van der Waals surface area contributed by atoms with E-state index in [2.05, 4.69) is 22.4 Å². The van der Waals surface area contributed by atoms with Crippen LogP contribution in [0.3, 0.4) is 0 Å². The van der Waals surface area contributed by atoms with Crippen molar-refractivity contribution in [2.75, 3.05) is 33.2 Å². The topological polar surface area (TPSA) is 66.3 Å². The number of piperazine rings is 1. The van der Waals surface area contributed by atoms with Crippen LogP contribution in [0.15, 0.2) is 0 Å². The van der Waals surface area contributed by atoms with Gasteiger partial charge in [0.1, 0.15) is 11.6 Å². The third kappa shape index (κ3) is 5.08. The first kappa shape index (κ1) is 21.1. The molecule has 22 heavy (non-hydrogen) atoms. The van der Waals surface area contributed by atoms with Crippen molar-refractivity contribution >= 4 is 30.7 Å². The summed E-state index contributed by atoms with van der Waals surface area (Å²) < 4.78 is 1.95. The van der Waals surface area contributed by atoms with Gasteiger partial charge in [0.15, 0.2) is 0 Å². The minimum absolute atomic E-state index is 0. The highest BCUT2D eigenvalue weighted by Crippen LogP contribution is 2.06. The molecular weight excluding hydrogens is 327 g/mol. The third-order valence-electron chi connectivity index (χ3n) is 3.82. The van der Waals surface area contributed by atoms with Gasteiger partial charge in [-0.25, -0.2) is 0 Å². The average Bonchev–Trinajstić information content (AvgIpc) is 2.71. The van der Waals surface area contributed by atoms with Crippen molar-refractivity contribution in [3.8, 4) is 0 Å². The highest BCUT2D eigenvalue weighted by Gasteiger charge is 2.23. The van der Waals surface area contributed by atoms with E-state index in [1.807, 2.05) is 35.4 Å². The molecule has 0 saturated carbocycles. The number of hydrogen-bond acceptors (Lipinski definition) is 5. The Balaban J connectivity index is 0.00000220. The van der Waals surface area contributed by atoms with Crippen LogP contribution in [0.25, 0.3) is 0 Å². The van der Waals surface area contributed by atoms with Gasteiger partial charge in [-0.3, -0.25) is 9.69 Å². The molecule has 2 heterocycles. The van der Waals surface area contributed by atoms with E-state index in [1.54, 1.807) is 0 Å². The van der Waals surface area contributed by atoms with E-state index in [0.29, 0.717) is 13.1 Å². The lowest BCUT2D eigenvalue weighted by Crippen LogP contribution is -2.54. The minimum Gasteiger partial charge on any atom is -0.336 e. The van der Waals surface area contributed by atoms with Gasteiger partial charge < -0.3 is 14.8 Å². The molecule has 1 aliphatic rings. The zero-order chi connectivity index (χ0) is 14.7.